The van der Waals surface area contributed by atoms with Crippen molar-refractivity contribution in [3.05, 3.63) is 23.8 Å². The van der Waals surface area contributed by atoms with Gasteiger partial charge in [-0.15, -0.1) is 0 Å². The fourth-order valence-corrected chi connectivity index (χ4v) is 1.92. The highest BCUT2D eigenvalue weighted by molar-refractivity contribution is 5.85. The zero-order valence-corrected chi connectivity index (χ0v) is 12.9. The number of benzene rings is 1. The van der Waals surface area contributed by atoms with Crippen LogP contribution in [0.25, 0.3) is 0 Å². The molecule has 0 fully saturated rings. The highest BCUT2D eigenvalue weighted by Gasteiger charge is 2.25. The van der Waals surface area contributed by atoms with E-state index >= 15 is 0 Å². The van der Waals surface area contributed by atoms with Crippen LogP contribution in [-0.4, -0.2) is 32.2 Å². The maximum Gasteiger partial charge on any atom is 0.239 e. The summed E-state index contributed by atoms with van der Waals surface area (Å²) in [6.45, 7) is 6.85. The highest BCUT2D eigenvalue weighted by Crippen LogP contribution is 2.24. The molecule has 0 bridgehead atoms. The summed E-state index contributed by atoms with van der Waals surface area (Å²) in [6, 6.07) is 5.54. The molecule has 1 rings (SSSR count). The topological polar surface area (TPSA) is 59.6 Å². The largest absolute Gasteiger partial charge is 0.497 e. The molecule has 5 heteroatoms. The van der Waals surface area contributed by atoms with Crippen LogP contribution in [0.1, 0.15) is 26.3 Å². The van der Waals surface area contributed by atoms with Crippen molar-refractivity contribution in [1.29, 1.82) is 0 Å². The molecule has 0 heterocycles. The maximum atomic E-state index is 12.1. The lowest BCUT2D eigenvalue weighted by atomic mass is 10.0. The lowest BCUT2D eigenvalue weighted by Crippen LogP contribution is -2.52. The van der Waals surface area contributed by atoms with Gasteiger partial charge in [-0.1, -0.05) is 6.92 Å². The fourth-order valence-electron chi connectivity index (χ4n) is 1.92. The van der Waals surface area contributed by atoms with Crippen LogP contribution in [0.4, 0.5) is 0 Å². The molecule has 0 aromatic heterocycles. The Labute approximate surface area is 120 Å². The van der Waals surface area contributed by atoms with E-state index in [-0.39, 0.29) is 5.91 Å². The Morgan fingerprint density at radius 1 is 1.25 bits per heavy atom. The van der Waals surface area contributed by atoms with Gasteiger partial charge in [0.25, 0.3) is 0 Å². The van der Waals surface area contributed by atoms with Crippen LogP contribution in [0.5, 0.6) is 11.5 Å². The molecule has 5 nitrogen and oxygen atoms in total. The molecule has 1 amide bonds. The predicted octanol–water partition coefficient (Wildman–Crippen LogP) is 1.71. The fraction of sp³-hybridized carbons (Fsp3) is 0.533. The van der Waals surface area contributed by atoms with E-state index in [0.717, 1.165) is 17.9 Å². The number of carbonyl (C=O) groups is 1. The standard InChI is InChI=1S/C15H24N2O3/c1-6-17-15(2,3)14(18)16-10-11-7-8-12(19-4)9-13(11)20-5/h7-9,17H,6,10H2,1-5H3,(H,16,18). The van der Waals surface area contributed by atoms with Crippen molar-refractivity contribution in [2.75, 3.05) is 20.8 Å². The van der Waals surface area contributed by atoms with Gasteiger partial charge in [-0.2, -0.15) is 0 Å². The first-order chi connectivity index (χ1) is 9.44. The van der Waals surface area contributed by atoms with Crippen molar-refractivity contribution < 1.29 is 14.3 Å². The van der Waals surface area contributed by atoms with E-state index in [4.69, 9.17) is 9.47 Å². The third-order valence-corrected chi connectivity index (χ3v) is 3.12. The van der Waals surface area contributed by atoms with Crippen molar-refractivity contribution in [3.8, 4) is 11.5 Å². The van der Waals surface area contributed by atoms with Crippen LogP contribution in [0.3, 0.4) is 0 Å². The van der Waals surface area contributed by atoms with Crippen molar-refractivity contribution >= 4 is 5.91 Å². The Morgan fingerprint density at radius 3 is 2.50 bits per heavy atom. The first-order valence-electron chi connectivity index (χ1n) is 6.68. The molecule has 1 aromatic rings. The number of likely N-dealkylation sites (N-methyl/N-ethyl adjacent to an activating group) is 1. The monoisotopic (exact) mass is 280 g/mol. The normalized spacial score (nSPS) is 11.1. The summed E-state index contributed by atoms with van der Waals surface area (Å²) >= 11 is 0. The highest BCUT2D eigenvalue weighted by atomic mass is 16.5. The second kappa shape index (κ2) is 7.14. The summed E-state index contributed by atoms with van der Waals surface area (Å²) in [4.78, 5) is 12.1. The average Bonchev–Trinajstić information content (AvgIpc) is 2.44. The van der Waals surface area contributed by atoms with E-state index in [2.05, 4.69) is 10.6 Å². The van der Waals surface area contributed by atoms with Crippen molar-refractivity contribution in [2.24, 2.45) is 0 Å². The van der Waals surface area contributed by atoms with Gasteiger partial charge < -0.3 is 20.1 Å². The van der Waals surface area contributed by atoms with Crippen LogP contribution in [-0.2, 0) is 11.3 Å². The van der Waals surface area contributed by atoms with Gasteiger partial charge in [-0.25, -0.2) is 0 Å². The second-order valence-electron chi connectivity index (χ2n) is 5.02. The van der Waals surface area contributed by atoms with Crippen LogP contribution in [0.2, 0.25) is 0 Å². The molecule has 0 aliphatic carbocycles. The number of amides is 1. The van der Waals surface area contributed by atoms with Crippen LogP contribution < -0.4 is 20.1 Å². The van der Waals surface area contributed by atoms with E-state index in [1.165, 1.54) is 0 Å². The third-order valence-electron chi connectivity index (χ3n) is 3.12. The number of ether oxygens (including phenoxy) is 2. The van der Waals surface area contributed by atoms with E-state index in [9.17, 15) is 4.79 Å². The van der Waals surface area contributed by atoms with E-state index < -0.39 is 5.54 Å². The molecule has 20 heavy (non-hydrogen) atoms. The van der Waals surface area contributed by atoms with Gasteiger partial charge in [0.05, 0.1) is 19.8 Å². The summed E-state index contributed by atoms with van der Waals surface area (Å²) in [6.07, 6.45) is 0. The SMILES string of the molecule is CCNC(C)(C)C(=O)NCc1ccc(OC)cc1OC. The predicted molar refractivity (Wildman–Crippen MR) is 79.1 cm³/mol. The lowest BCUT2D eigenvalue weighted by Gasteiger charge is -2.24. The number of hydrogen-bond donors (Lipinski definition) is 2. The van der Waals surface area contributed by atoms with Gasteiger partial charge >= 0.3 is 0 Å². The molecule has 0 unspecified atom stereocenters. The molecule has 0 aliphatic heterocycles. The Balaban J connectivity index is 2.72. The summed E-state index contributed by atoms with van der Waals surface area (Å²) < 4.78 is 10.5. The summed E-state index contributed by atoms with van der Waals surface area (Å²) in [5.74, 6) is 1.38. The quantitative estimate of drug-likeness (QED) is 0.798. The lowest BCUT2D eigenvalue weighted by molar-refractivity contribution is -0.126. The zero-order valence-electron chi connectivity index (χ0n) is 12.9. The molecular weight excluding hydrogens is 256 g/mol. The first-order valence-corrected chi connectivity index (χ1v) is 6.68. The zero-order chi connectivity index (χ0) is 15.2. The Kier molecular flexibility index (Phi) is 5.82. The maximum absolute atomic E-state index is 12.1. The van der Waals surface area contributed by atoms with Crippen LogP contribution in [0, 0.1) is 0 Å². The minimum absolute atomic E-state index is 0.0442. The minimum atomic E-state index is -0.589. The third kappa shape index (κ3) is 4.13. The number of nitrogens with one attached hydrogen (secondary N) is 2. The number of rotatable bonds is 7. The van der Waals surface area contributed by atoms with Gasteiger partial charge in [-0.3, -0.25) is 4.79 Å². The van der Waals surface area contributed by atoms with Gasteiger partial charge in [0.15, 0.2) is 0 Å². The molecule has 1 aromatic carbocycles. The molecule has 112 valence electrons. The molecule has 2 N–H and O–H groups in total. The molecule has 0 spiro atoms. The number of hydrogen-bond acceptors (Lipinski definition) is 4. The van der Waals surface area contributed by atoms with Crippen LogP contribution >= 0.6 is 0 Å². The van der Waals surface area contributed by atoms with E-state index in [1.807, 2.05) is 32.9 Å². The first kappa shape index (κ1) is 16.3. The minimum Gasteiger partial charge on any atom is -0.497 e. The van der Waals surface area contributed by atoms with E-state index in [0.29, 0.717) is 12.3 Å². The second-order valence-corrected chi connectivity index (χ2v) is 5.02. The van der Waals surface area contributed by atoms with Gasteiger partial charge in [0, 0.05) is 18.2 Å². The number of carbonyl (C=O) groups excluding carboxylic acids is 1. The number of methoxy groups -OCH3 is 2. The van der Waals surface area contributed by atoms with Crippen molar-refractivity contribution in [3.63, 3.8) is 0 Å². The molecule has 0 atom stereocenters. The summed E-state index contributed by atoms with van der Waals surface area (Å²) in [7, 11) is 3.21. The summed E-state index contributed by atoms with van der Waals surface area (Å²) in [5.41, 5.74) is 0.322. The van der Waals surface area contributed by atoms with E-state index in [1.54, 1.807) is 20.3 Å². The summed E-state index contributed by atoms with van der Waals surface area (Å²) in [5, 5.41) is 6.06. The van der Waals surface area contributed by atoms with Gasteiger partial charge in [0.1, 0.15) is 11.5 Å². The smallest absolute Gasteiger partial charge is 0.239 e. The molecule has 0 radical (unpaired) electrons. The Morgan fingerprint density at radius 2 is 1.95 bits per heavy atom. The molecule has 0 aliphatic rings. The molecular formula is C15H24N2O3. The van der Waals surface area contributed by atoms with Crippen molar-refractivity contribution in [2.45, 2.75) is 32.9 Å². The Bertz CT molecular complexity index is 458. The van der Waals surface area contributed by atoms with Gasteiger partial charge in [0.2, 0.25) is 5.91 Å². The molecule has 0 saturated heterocycles. The van der Waals surface area contributed by atoms with Crippen molar-refractivity contribution in [1.82, 2.24) is 10.6 Å². The van der Waals surface area contributed by atoms with Crippen LogP contribution in [0.15, 0.2) is 18.2 Å². The molecule has 0 saturated carbocycles. The van der Waals surface area contributed by atoms with Gasteiger partial charge in [-0.05, 0) is 32.5 Å². The Hall–Kier alpha value is -1.75. The average molecular weight is 280 g/mol.